The van der Waals surface area contributed by atoms with Gasteiger partial charge < -0.3 is 5.32 Å². The van der Waals surface area contributed by atoms with Gasteiger partial charge >= 0.3 is 0 Å². The van der Waals surface area contributed by atoms with Crippen molar-refractivity contribution < 1.29 is 4.79 Å². The van der Waals surface area contributed by atoms with E-state index in [1.54, 1.807) is 10.9 Å². The van der Waals surface area contributed by atoms with Crippen molar-refractivity contribution in [3.63, 3.8) is 0 Å². The fourth-order valence-electron chi connectivity index (χ4n) is 3.25. The Morgan fingerprint density at radius 3 is 2.74 bits per heavy atom. The molecule has 1 unspecified atom stereocenters. The number of nitrogens with one attached hydrogen (secondary N) is 1. The second-order valence-corrected chi connectivity index (χ2v) is 6.62. The van der Waals surface area contributed by atoms with Gasteiger partial charge in [-0.15, -0.1) is 0 Å². The first kappa shape index (κ1) is 17.0. The predicted octanol–water partition coefficient (Wildman–Crippen LogP) is 3.79. The molecule has 0 aliphatic heterocycles. The zero-order valence-electron chi connectivity index (χ0n) is 15.3. The lowest BCUT2D eigenvalue weighted by molar-refractivity contribution is -0.119. The summed E-state index contributed by atoms with van der Waals surface area (Å²) in [5, 5.41) is 14.0. The van der Waals surface area contributed by atoms with Crippen molar-refractivity contribution in [2.45, 2.75) is 26.4 Å². The Hall–Kier alpha value is -3.41. The van der Waals surface area contributed by atoms with Crippen LogP contribution in [-0.2, 0) is 11.3 Å². The highest BCUT2D eigenvalue weighted by atomic mass is 16.2. The maximum Gasteiger partial charge on any atom is 0.250 e. The van der Waals surface area contributed by atoms with Crippen LogP contribution in [0.15, 0.2) is 67.0 Å². The number of amides is 1. The molecule has 0 saturated carbocycles. The Kier molecular flexibility index (Phi) is 4.46. The van der Waals surface area contributed by atoms with E-state index < -0.39 is 6.04 Å². The van der Waals surface area contributed by atoms with Crippen molar-refractivity contribution in [3.8, 4) is 0 Å². The number of aromatic nitrogens is 4. The minimum atomic E-state index is -0.400. The van der Waals surface area contributed by atoms with Crippen LogP contribution in [0.2, 0.25) is 0 Å². The molecule has 2 heterocycles. The van der Waals surface area contributed by atoms with E-state index in [0.717, 1.165) is 5.69 Å². The molecule has 0 saturated heterocycles. The molecule has 1 atom stereocenters. The fourth-order valence-corrected chi connectivity index (χ4v) is 3.25. The van der Waals surface area contributed by atoms with E-state index in [9.17, 15) is 4.79 Å². The van der Waals surface area contributed by atoms with Gasteiger partial charge in [-0.2, -0.15) is 10.2 Å². The monoisotopic (exact) mass is 359 g/mol. The normalized spacial score (nSPS) is 12.2. The van der Waals surface area contributed by atoms with E-state index in [1.807, 2.05) is 49.0 Å². The molecule has 0 aliphatic carbocycles. The molecule has 0 fully saturated rings. The van der Waals surface area contributed by atoms with Crippen LogP contribution in [0.5, 0.6) is 0 Å². The number of carbonyl (C=O) groups is 1. The molecule has 0 radical (unpaired) electrons. The zero-order valence-corrected chi connectivity index (χ0v) is 15.3. The summed E-state index contributed by atoms with van der Waals surface area (Å²) < 4.78 is 3.53. The first-order valence-electron chi connectivity index (χ1n) is 8.93. The van der Waals surface area contributed by atoms with Gasteiger partial charge in [-0.1, -0.05) is 42.5 Å². The van der Waals surface area contributed by atoms with E-state index in [-0.39, 0.29) is 5.91 Å². The van der Waals surface area contributed by atoms with Crippen molar-refractivity contribution in [1.29, 1.82) is 0 Å². The van der Waals surface area contributed by atoms with E-state index >= 15 is 0 Å². The van der Waals surface area contributed by atoms with E-state index in [1.165, 1.54) is 16.3 Å². The van der Waals surface area contributed by atoms with Gasteiger partial charge in [0.15, 0.2) is 5.82 Å². The van der Waals surface area contributed by atoms with Gasteiger partial charge in [0.25, 0.3) is 0 Å². The van der Waals surface area contributed by atoms with Crippen LogP contribution in [0.25, 0.3) is 10.8 Å². The van der Waals surface area contributed by atoms with Crippen LogP contribution >= 0.6 is 0 Å². The van der Waals surface area contributed by atoms with Gasteiger partial charge in [-0.05, 0) is 36.2 Å². The highest BCUT2D eigenvalue weighted by Crippen LogP contribution is 2.20. The van der Waals surface area contributed by atoms with Gasteiger partial charge in [-0.3, -0.25) is 14.2 Å². The standard InChI is InChI=1S/C21H21N5O/c1-15-10-12-22-26(15)16(2)21(27)23-20-11-13-25(24-20)14-18-8-5-7-17-6-3-4-9-19(17)18/h3-13,16H,14H2,1-2H3,(H,23,24,27). The van der Waals surface area contributed by atoms with Crippen LogP contribution in [0.4, 0.5) is 5.82 Å². The van der Waals surface area contributed by atoms with Gasteiger partial charge in [0, 0.05) is 24.2 Å². The third-order valence-corrected chi connectivity index (χ3v) is 4.72. The number of anilines is 1. The van der Waals surface area contributed by atoms with Crippen LogP contribution in [-0.4, -0.2) is 25.5 Å². The van der Waals surface area contributed by atoms with E-state index in [4.69, 9.17) is 0 Å². The lowest BCUT2D eigenvalue weighted by Crippen LogP contribution is -2.25. The van der Waals surface area contributed by atoms with E-state index in [2.05, 4.69) is 45.8 Å². The summed E-state index contributed by atoms with van der Waals surface area (Å²) in [6.07, 6.45) is 3.57. The molecule has 2 aromatic heterocycles. The molecule has 0 spiro atoms. The van der Waals surface area contributed by atoms with Crippen LogP contribution < -0.4 is 5.32 Å². The SMILES string of the molecule is Cc1ccnn1C(C)C(=O)Nc1ccn(Cc2cccc3ccccc23)n1. The van der Waals surface area contributed by atoms with Crippen molar-refractivity contribution in [2.75, 3.05) is 5.32 Å². The third-order valence-electron chi connectivity index (χ3n) is 4.72. The smallest absolute Gasteiger partial charge is 0.250 e. The number of rotatable bonds is 5. The predicted molar refractivity (Wildman–Crippen MR) is 106 cm³/mol. The second-order valence-electron chi connectivity index (χ2n) is 6.62. The third kappa shape index (κ3) is 3.46. The first-order chi connectivity index (χ1) is 13.1. The Labute approximate surface area is 157 Å². The summed E-state index contributed by atoms with van der Waals surface area (Å²) in [5.74, 6) is 0.397. The molecular formula is C21H21N5O. The molecule has 27 heavy (non-hydrogen) atoms. The van der Waals surface area contributed by atoms with Gasteiger partial charge in [0.1, 0.15) is 6.04 Å². The number of hydrogen-bond donors (Lipinski definition) is 1. The number of fused-ring (bicyclic) bond motifs is 1. The minimum absolute atomic E-state index is 0.141. The van der Waals surface area contributed by atoms with Crippen molar-refractivity contribution in [1.82, 2.24) is 19.6 Å². The maximum atomic E-state index is 12.5. The highest BCUT2D eigenvalue weighted by molar-refractivity contribution is 5.92. The average Bonchev–Trinajstić information content (AvgIpc) is 3.30. The summed E-state index contributed by atoms with van der Waals surface area (Å²) in [6.45, 7) is 4.39. The summed E-state index contributed by atoms with van der Waals surface area (Å²) in [4.78, 5) is 12.5. The zero-order chi connectivity index (χ0) is 18.8. The van der Waals surface area contributed by atoms with Crippen LogP contribution in [0.3, 0.4) is 0 Å². The van der Waals surface area contributed by atoms with Crippen molar-refractivity contribution >= 4 is 22.5 Å². The first-order valence-corrected chi connectivity index (χ1v) is 8.93. The lowest BCUT2D eigenvalue weighted by atomic mass is 10.0. The molecule has 6 nitrogen and oxygen atoms in total. The van der Waals surface area contributed by atoms with E-state index in [0.29, 0.717) is 12.4 Å². The van der Waals surface area contributed by atoms with Crippen molar-refractivity contribution in [2.24, 2.45) is 0 Å². The minimum Gasteiger partial charge on any atom is -0.307 e. The number of aryl methyl sites for hydroxylation is 1. The summed E-state index contributed by atoms with van der Waals surface area (Å²) in [5.41, 5.74) is 2.13. The van der Waals surface area contributed by atoms with Gasteiger partial charge in [0.05, 0.1) is 6.54 Å². The summed E-state index contributed by atoms with van der Waals surface area (Å²) in [7, 11) is 0. The second kappa shape index (κ2) is 7.07. The number of carbonyl (C=O) groups excluding carboxylic acids is 1. The molecule has 1 N–H and O–H groups in total. The van der Waals surface area contributed by atoms with Crippen LogP contribution in [0.1, 0.15) is 24.2 Å². The quantitative estimate of drug-likeness (QED) is 0.590. The Morgan fingerprint density at radius 2 is 1.93 bits per heavy atom. The molecule has 136 valence electrons. The molecule has 1 amide bonds. The molecule has 0 aliphatic rings. The number of nitrogens with zero attached hydrogens (tertiary/aromatic N) is 4. The van der Waals surface area contributed by atoms with Gasteiger partial charge in [-0.25, -0.2) is 0 Å². The van der Waals surface area contributed by atoms with Gasteiger partial charge in [0.2, 0.25) is 5.91 Å². The molecule has 4 rings (SSSR count). The van der Waals surface area contributed by atoms with Crippen LogP contribution in [0, 0.1) is 6.92 Å². The number of hydrogen-bond acceptors (Lipinski definition) is 3. The molecular weight excluding hydrogens is 338 g/mol. The molecule has 4 aromatic rings. The number of benzene rings is 2. The summed E-state index contributed by atoms with van der Waals surface area (Å²) >= 11 is 0. The Bertz CT molecular complexity index is 1090. The average molecular weight is 359 g/mol. The highest BCUT2D eigenvalue weighted by Gasteiger charge is 2.18. The molecule has 0 bridgehead atoms. The largest absolute Gasteiger partial charge is 0.307 e. The maximum absolute atomic E-state index is 12.5. The Balaban J connectivity index is 1.49. The molecule has 6 heteroatoms. The fraction of sp³-hybridized carbons (Fsp3) is 0.190. The topological polar surface area (TPSA) is 64.7 Å². The Morgan fingerprint density at radius 1 is 1.11 bits per heavy atom. The molecule has 2 aromatic carbocycles. The summed E-state index contributed by atoms with van der Waals surface area (Å²) in [6, 6.07) is 17.8. The van der Waals surface area contributed by atoms with Crippen molar-refractivity contribution in [3.05, 3.63) is 78.2 Å². The lowest BCUT2D eigenvalue weighted by Gasteiger charge is -2.13.